The molecule has 2 aromatic rings. The first-order valence-corrected chi connectivity index (χ1v) is 11.1. The Bertz CT molecular complexity index is 943. The van der Waals surface area contributed by atoms with E-state index >= 15 is 0 Å². The summed E-state index contributed by atoms with van der Waals surface area (Å²) in [7, 11) is 0. The first kappa shape index (κ1) is 22.1. The Morgan fingerprint density at radius 1 is 1.17 bits per heavy atom. The number of carbonyl (C=O) groups is 2. The number of thioether (sulfide) groups is 1. The van der Waals surface area contributed by atoms with E-state index in [1.807, 2.05) is 36.4 Å². The van der Waals surface area contributed by atoms with E-state index < -0.39 is 5.97 Å². The van der Waals surface area contributed by atoms with E-state index in [-0.39, 0.29) is 12.3 Å². The predicted octanol–water partition coefficient (Wildman–Crippen LogP) is 4.78. The van der Waals surface area contributed by atoms with Crippen LogP contribution in [0.25, 0.3) is 6.08 Å². The van der Waals surface area contributed by atoms with Crippen molar-refractivity contribution in [3.63, 3.8) is 0 Å². The summed E-state index contributed by atoms with van der Waals surface area (Å²) < 4.78 is 0.480. The summed E-state index contributed by atoms with van der Waals surface area (Å²) in [6.07, 6.45) is 2.25. The Morgan fingerprint density at radius 2 is 1.87 bits per heavy atom. The van der Waals surface area contributed by atoms with Crippen LogP contribution in [-0.2, 0) is 16.1 Å². The van der Waals surface area contributed by atoms with Gasteiger partial charge >= 0.3 is 5.97 Å². The van der Waals surface area contributed by atoms with E-state index in [0.717, 1.165) is 24.3 Å². The molecule has 2 aromatic carbocycles. The number of carboxylic acids is 1. The van der Waals surface area contributed by atoms with Crippen LogP contribution in [0.2, 0.25) is 0 Å². The molecule has 0 radical (unpaired) electrons. The molecule has 0 unspecified atom stereocenters. The molecule has 1 fully saturated rings. The second kappa shape index (κ2) is 10.4. The van der Waals surface area contributed by atoms with Gasteiger partial charge < -0.3 is 10.0 Å². The molecule has 0 saturated carbocycles. The summed E-state index contributed by atoms with van der Waals surface area (Å²) in [6.45, 7) is 4.19. The second-order valence-corrected chi connectivity index (χ2v) is 8.60. The van der Waals surface area contributed by atoms with E-state index in [9.17, 15) is 9.59 Å². The number of aliphatic carboxylic acids is 1. The van der Waals surface area contributed by atoms with Crippen molar-refractivity contribution < 1.29 is 14.7 Å². The number of benzene rings is 2. The quantitative estimate of drug-likeness (QED) is 0.447. The molecule has 5 nitrogen and oxygen atoms in total. The molecule has 1 aliphatic heterocycles. The van der Waals surface area contributed by atoms with Crippen molar-refractivity contribution >= 4 is 51.9 Å². The van der Waals surface area contributed by atoms with E-state index in [2.05, 4.69) is 36.1 Å². The lowest BCUT2D eigenvalue weighted by Crippen LogP contribution is -2.29. The Hall–Kier alpha value is -2.64. The van der Waals surface area contributed by atoms with Crippen molar-refractivity contribution in [1.29, 1.82) is 0 Å². The highest BCUT2D eigenvalue weighted by Gasteiger charge is 2.31. The predicted molar refractivity (Wildman–Crippen MR) is 126 cm³/mol. The highest BCUT2D eigenvalue weighted by Crippen LogP contribution is 2.33. The fraction of sp³-hybridized carbons (Fsp3) is 0.261. The van der Waals surface area contributed by atoms with Crippen molar-refractivity contribution in [2.24, 2.45) is 0 Å². The highest BCUT2D eigenvalue weighted by molar-refractivity contribution is 8.26. The first-order chi connectivity index (χ1) is 14.5. The number of rotatable bonds is 9. The molecule has 1 saturated heterocycles. The number of amides is 1. The number of carbonyl (C=O) groups excluding carboxylic acids is 1. The standard InChI is InChI=1S/C23H24N2O3S2/c1-2-24(16-18-7-4-3-5-8-18)19-12-10-17(11-13-19)15-20-22(28)25(23(29)30-20)14-6-9-21(26)27/h3-5,7-8,10-13,15H,2,6,9,14,16H2,1H3,(H,26,27)/b20-15-. The van der Waals surface area contributed by atoms with Gasteiger partial charge in [-0.25, -0.2) is 0 Å². The molecule has 1 N–H and O–H groups in total. The molecular formula is C23H24N2O3S2. The van der Waals surface area contributed by atoms with Crippen LogP contribution in [0.1, 0.15) is 30.9 Å². The van der Waals surface area contributed by atoms with E-state index in [0.29, 0.717) is 22.2 Å². The maximum absolute atomic E-state index is 12.6. The summed E-state index contributed by atoms with van der Waals surface area (Å²) in [5.74, 6) is -1.02. The lowest BCUT2D eigenvalue weighted by Gasteiger charge is -2.23. The van der Waals surface area contributed by atoms with Gasteiger partial charge in [-0.3, -0.25) is 14.5 Å². The summed E-state index contributed by atoms with van der Waals surface area (Å²) >= 11 is 6.56. The van der Waals surface area contributed by atoms with Gasteiger partial charge in [-0.2, -0.15) is 0 Å². The highest BCUT2D eigenvalue weighted by atomic mass is 32.2. The zero-order valence-electron chi connectivity index (χ0n) is 16.8. The van der Waals surface area contributed by atoms with Gasteiger partial charge in [-0.15, -0.1) is 0 Å². The van der Waals surface area contributed by atoms with Crippen LogP contribution in [0.3, 0.4) is 0 Å². The molecule has 3 rings (SSSR count). The third-order valence-corrected chi connectivity index (χ3v) is 6.18. The molecule has 1 aliphatic rings. The summed E-state index contributed by atoms with van der Waals surface area (Å²) in [4.78, 5) is 27.6. The molecule has 7 heteroatoms. The molecular weight excluding hydrogens is 416 g/mol. The van der Waals surface area contributed by atoms with Crippen molar-refractivity contribution in [2.75, 3.05) is 18.0 Å². The number of carboxylic acid groups (broad SMARTS) is 1. The van der Waals surface area contributed by atoms with Crippen molar-refractivity contribution in [1.82, 2.24) is 4.90 Å². The van der Waals surface area contributed by atoms with Gasteiger partial charge in [0, 0.05) is 31.7 Å². The van der Waals surface area contributed by atoms with Crippen molar-refractivity contribution in [3.8, 4) is 0 Å². The normalized spacial score (nSPS) is 15.1. The van der Waals surface area contributed by atoms with Crippen LogP contribution >= 0.6 is 24.0 Å². The average Bonchev–Trinajstić information content (AvgIpc) is 3.00. The second-order valence-electron chi connectivity index (χ2n) is 6.92. The minimum Gasteiger partial charge on any atom is -0.481 e. The van der Waals surface area contributed by atoms with Gasteiger partial charge in [0.05, 0.1) is 4.91 Å². The van der Waals surface area contributed by atoms with Crippen LogP contribution in [0.15, 0.2) is 59.5 Å². The zero-order valence-corrected chi connectivity index (χ0v) is 18.4. The molecule has 156 valence electrons. The van der Waals surface area contributed by atoms with Crippen molar-refractivity contribution in [2.45, 2.75) is 26.3 Å². The first-order valence-electron chi connectivity index (χ1n) is 9.84. The minimum atomic E-state index is -0.871. The minimum absolute atomic E-state index is 0.0223. The van der Waals surface area contributed by atoms with Gasteiger partial charge in [0.15, 0.2) is 0 Å². The van der Waals surface area contributed by atoms with E-state index in [4.69, 9.17) is 17.3 Å². The van der Waals surface area contributed by atoms with Crippen molar-refractivity contribution in [3.05, 3.63) is 70.6 Å². The molecule has 0 spiro atoms. The SMILES string of the molecule is CCN(Cc1ccccc1)c1ccc(/C=C2\SC(=S)N(CCCC(=O)O)C2=O)cc1. The van der Waals surface area contributed by atoms with Gasteiger partial charge in [0.25, 0.3) is 5.91 Å². The third-order valence-electron chi connectivity index (χ3n) is 4.80. The third kappa shape index (κ3) is 5.70. The lowest BCUT2D eigenvalue weighted by molar-refractivity contribution is -0.137. The molecule has 0 aliphatic carbocycles. The van der Waals surface area contributed by atoms with E-state index in [1.54, 1.807) is 0 Å². The largest absolute Gasteiger partial charge is 0.481 e. The molecule has 1 heterocycles. The number of hydrogen-bond acceptors (Lipinski definition) is 5. The monoisotopic (exact) mass is 440 g/mol. The summed E-state index contributed by atoms with van der Waals surface area (Å²) in [6, 6.07) is 18.5. The van der Waals surface area contributed by atoms with E-state index in [1.165, 1.54) is 22.2 Å². The van der Waals surface area contributed by atoms with Crippen LogP contribution < -0.4 is 4.90 Å². The smallest absolute Gasteiger partial charge is 0.303 e. The lowest BCUT2D eigenvalue weighted by atomic mass is 10.1. The Balaban J connectivity index is 1.67. The van der Waals surface area contributed by atoms with Gasteiger partial charge in [-0.1, -0.05) is 66.4 Å². The molecule has 30 heavy (non-hydrogen) atoms. The Labute approximate surface area is 186 Å². The van der Waals surface area contributed by atoms with Crippen LogP contribution in [0.5, 0.6) is 0 Å². The fourth-order valence-corrected chi connectivity index (χ4v) is 4.51. The molecule has 0 bridgehead atoms. The zero-order chi connectivity index (χ0) is 21.5. The number of hydrogen-bond donors (Lipinski definition) is 1. The maximum atomic E-state index is 12.6. The molecule has 0 atom stereocenters. The Kier molecular flexibility index (Phi) is 7.65. The van der Waals surface area contributed by atoms with Crippen LogP contribution in [-0.4, -0.2) is 39.3 Å². The van der Waals surface area contributed by atoms with Gasteiger partial charge in [0.2, 0.25) is 0 Å². The fourth-order valence-electron chi connectivity index (χ4n) is 3.20. The average molecular weight is 441 g/mol. The van der Waals surface area contributed by atoms with Gasteiger partial charge in [0.1, 0.15) is 4.32 Å². The number of thiocarbonyl (C=S) groups is 1. The van der Waals surface area contributed by atoms with Crippen LogP contribution in [0.4, 0.5) is 5.69 Å². The molecule has 1 amide bonds. The van der Waals surface area contributed by atoms with Crippen LogP contribution in [0, 0.1) is 0 Å². The Morgan fingerprint density at radius 3 is 2.50 bits per heavy atom. The number of anilines is 1. The van der Waals surface area contributed by atoms with Gasteiger partial charge in [-0.05, 0) is 42.7 Å². The molecule has 0 aromatic heterocycles. The topological polar surface area (TPSA) is 60.9 Å². The summed E-state index contributed by atoms with van der Waals surface area (Å²) in [5, 5.41) is 8.77. The maximum Gasteiger partial charge on any atom is 0.303 e. The number of nitrogens with zero attached hydrogens (tertiary/aromatic N) is 2. The summed E-state index contributed by atoms with van der Waals surface area (Å²) in [5.41, 5.74) is 3.32.